The number of hydrogen-bond acceptors (Lipinski definition) is 9. The number of pyridine rings is 2. The Morgan fingerprint density at radius 2 is 1.63 bits per heavy atom. The number of aryl methyl sites for hydroxylation is 1. The van der Waals surface area contributed by atoms with Crippen molar-refractivity contribution in [3.63, 3.8) is 0 Å². The summed E-state index contributed by atoms with van der Waals surface area (Å²) in [5, 5.41) is 11.4. The number of nitrogens with one attached hydrogen (secondary N) is 3. The minimum Gasteiger partial charge on any atom is -0.395 e. The first-order chi connectivity index (χ1) is 18.4. The molecule has 0 unspecified atom stereocenters. The number of benzene rings is 2. The van der Waals surface area contributed by atoms with Crippen molar-refractivity contribution in [2.45, 2.75) is 13.2 Å². The van der Waals surface area contributed by atoms with Gasteiger partial charge in [-0.3, -0.25) is 0 Å². The number of rotatable bonds is 6. The zero-order valence-corrected chi connectivity index (χ0v) is 20.3. The van der Waals surface area contributed by atoms with E-state index in [9.17, 15) is 8.78 Å². The van der Waals surface area contributed by atoms with Crippen LogP contribution in [0.1, 0.15) is 5.56 Å². The first kappa shape index (κ1) is 23.3. The molecule has 0 fully saturated rings. The highest BCUT2D eigenvalue weighted by Gasteiger charge is 2.43. The normalized spacial score (nSPS) is 13.4. The van der Waals surface area contributed by atoms with Crippen LogP contribution in [-0.4, -0.2) is 33.3 Å². The van der Waals surface area contributed by atoms with Crippen molar-refractivity contribution in [3.8, 4) is 22.8 Å². The van der Waals surface area contributed by atoms with Gasteiger partial charge in [0.2, 0.25) is 0 Å². The Hall–Kier alpha value is -5.06. The number of fused-ring (bicyclic) bond motifs is 2. The monoisotopic (exact) mass is 513 g/mol. The van der Waals surface area contributed by atoms with Gasteiger partial charge in [0.25, 0.3) is 0 Å². The fourth-order valence-corrected chi connectivity index (χ4v) is 4.26. The summed E-state index contributed by atoms with van der Waals surface area (Å²) in [5.41, 5.74) is 3.90. The van der Waals surface area contributed by atoms with Gasteiger partial charge < -0.3 is 25.4 Å². The van der Waals surface area contributed by atoms with Crippen LogP contribution in [0, 0.1) is 6.92 Å². The molecule has 0 bridgehead atoms. The highest BCUT2D eigenvalue weighted by molar-refractivity contribution is 6.03. The quantitative estimate of drug-likeness (QED) is 0.243. The van der Waals surface area contributed by atoms with Crippen LogP contribution >= 0.6 is 0 Å². The smallest absolute Gasteiger partial charge is 0.395 e. The van der Waals surface area contributed by atoms with Crippen LogP contribution in [0.2, 0.25) is 0 Å². The molecular weight excluding hydrogens is 492 g/mol. The predicted molar refractivity (Wildman–Crippen MR) is 141 cm³/mol. The van der Waals surface area contributed by atoms with E-state index in [2.05, 4.69) is 45.4 Å². The van der Waals surface area contributed by atoms with Crippen LogP contribution in [0.3, 0.4) is 0 Å². The van der Waals surface area contributed by atoms with E-state index < -0.39 is 6.29 Å². The molecule has 190 valence electrons. The lowest BCUT2D eigenvalue weighted by atomic mass is 10.0. The van der Waals surface area contributed by atoms with Gasteiger partial charge in [-0.1, -0.05) is 12.1 Å². The Morgan fingerprint density at radius 3 is 2.50 bits per heavy atom. The Labute approximate surface area is 215 Å². The molecule has 11 heteroatoms. The lowest BCUT2D eigenvalue weighted by molar-refractivity contribution is -0.286. The Morgan fingerprint density at radius 1 is 0.789 bits per heavy atom. The van der Waals surface area contributed by atoms with E-state index in [1.54, 1.807) is 25.5 Å². The summed E-state index contributed by atoms with van der Waals surface area (Å²) in [5.74, 6) is 1.80. The molecule has 5 aromatic rings. The third-order valence-corrected chi connectivity index (χ3v) is 6.07. The maximum Gasteiger partial charge on any atom is 0.586 e. The van der Waals surface area contributed by atoms with Gasteiger partial charge >= 0.3 is 6.29 Å². The molecule has 3 N–H and O–H groups in total. The van der Waals surface area contributed by atoms with Gasteiger partial charge in [0.15, 0.2) is 11.5 Å². The zero-order valence-electron chi connectivity index (χ0n) is 20.3. The van der Waals surface area contributed by atoms with Gasteiger partial charge in [-0.15, -0.1) is 8.78 Å². The second-order valence-corrected chi connectivity index (χ2v) is 8.53. The predicted octanol–water partition coefficient (Wildman–Crippen LogP) is 6.25. The fourth-order valence-electron chi connectivity index (χ4n) is 4.26. The van der Waals surface area contributed by atoms with Crippen LogP contribution in [0.5, 0.6) is 11.5 Å². The van der Waals surface area contributed by atoms with Crippen LogP contribution in [-0.2, 0) is 0 Å². The molecule has 0 saturated carbocycles. The van der Waals surface area contributed by atoms with E-state index >= 15 is 0 Å². The maximum absolute atomic E-state index is 13.4. The van der Waals surface area contributed by atoms with E-state index in [0.29, 0.717) is 23.1 Å². The second kappa shape index (κ2) is 9.11. The molecule has 1 aliphatic heterocycles. The molecule has 4 heterocycles. The van der Waals surface area contributed by atoms with Crippen molar-refractivity contribution in [1.29, 1.82) is 0 Å². The number of alkyl halides is 2. The Kier molecular flexibility index (Phi) is 5.60. The van der Waals surface area contributed by atoms with Crippen molar-refractivity contribution >= 4 is 39.6 Å². The number of hydrogen-bond donors (Lipinski definition) is 3. The standard InChI is InChI=1S/C27H21F2N7O2/c1-15-5-7-18-17(9-11-32-25(18)35-16-6-8-21-22(12-16)38-27(28,29)37-21)24(15)36-26-19(4-3-10-31-26)20-13-23(30-2)34-14-33-20/h3-14H,1-2H3,(H,31,36)(H,32,35)(H,30,33,34). The van der Waals surface area contributed by atoms with Crippen LogP contribution in [0.25, 0.3) is 22.0 Å². The molecule has 0 saturated heterocycles. The minimum absolute atomic E-state index is 0.0229. The molecular formula is C27H21F2N7O2. The number of nitrogens with zero attached hydrogens (tertiary/aromatic N) is 4. The molecule has 9 nitrogen and oxygen atoms in total. The average Bonchev–Trinajstić information content (AvgIpc) is 3.24. The fraction of sp³-hybridized carbons (Fsp3) is 0.111. The van der Waals surface area contributed by atoms with E-state index in [4.69, 9.17) is 0 Å². The largest absolute Gasteiger partial charge is 0.586 e. The number of aromatic nitrogens is 4. The third-order valence-electron chi connectivity index (χ3n) is 6.07. The molecule has 6 rings (SSSR count). The summed E-state index contributed by atoms with van der Waals surface area (Å²) in [6.45, 7) is 2.00. The third kappa shape index (κ3) is 4.34. The molecule has 1 aliphatic rings. The molecule has 0 spiro atoms. The van der Waals surface area contributed by atoms with Crippen molar-refractivity contribution in [3.05, 3.63) is 78.9 Å². The van der Waals surface area contributed by atoms with Crippen LogP contribution in [0.15, 0.2) is 73.3 Å². The van der Waals surface area contributed by atoms with Gasteiger partial charge in [-0.2, -0.15) is 0 Å². The van der Waals surface area contributed by atoms with Crippen LogP contribution in [0.4, 0.5) is 37.6 Å². The molecule has 3 aromatic heterocycles. The number of halogens is 2. The van der Waals surface area contributed by atoms with Crippen molar-refractivity contribution in [2.75, 3.05) is 23.0 Å². The molecule has 0 amide bonds. The lowest BCUT2D eigenvalue weighted by Gasteiger charge is -2.17. The van der Waals surface area contributed by atoms with E-state index in [0.717, 1.165) is 33.3 Å². The highest BCUT2D eigenvalue weighted by atomic mass is 19.3. The first-order valence-electron chi connectivity index (χ1n) is 11.7. The second-order valence-electron chi connectivity index (χ2n) is 8.53. The maximum atomic E-state index is 13.4. The lowest BCUT2D eigenvalue weighted by Crippen LogP contribution is -2.25. The summed E-state index contributed by atoms with van der Waals surface area (Å²) >= 11 is 0. The Balaban J connectivity index is 1.37. The van der Waals surface area contributed by atoms with Crippen molar-refractivity contribution in [1.82, 2.24) is 19.9 Å². The summed E-state index contributed by atoms with van der Waals surface area (Å²) < 4.78 is 35.9. The number of ether oxygens (including phenoxy) is 2. The molecule has 2 aromatic carbocycles. The summed E-state index contributed by atoms with van der Waals surface area (Å²) in [4.78, 5) is 17.7. The van der Waals surface area contributed by atoms with Gasteiger partial charge in [0.05, 0.1) is 11.4 Å². The topological polar surface area (TPSA) is 106 Å². The number of anilines is 5. The average molecular weight is 514 g/mol. The minimum atomic E-state index is -3.68. The SMILES string of the molecule is CNc1cc(-c2cccnc2Nc2c(C)ccc3c(Nc4ccc5c(c4)OC(F)(F)O5)nccc23)ncn1. The summed E-state index contributed by atoms with van der Waals surface area (Å²) in [6.07, 6.45) is 1.22. The van der Waals surface area contributed by atoms with E-state index in [1.165, 1.54) is 18.5 Å². The van der Waals surface area contributed by atoms with E-state index in [1.807, 2.05) is 43.3 Å². The van der Waals surface area contributed by atoms with Crippen molar-refractivity contribution in [2.24, 2.45) is 0 Å². The first-order valence-corrected chi connectivity index (χ1v) is 11.7. The molecule has 0 radical (unpaired) electrons. The van der Waals surface area contributed by atoms with E-state index in [-0.39, 0.29) is 11.5 Å². The molecule has 38 heavy (non-hydrogen) atoms. The van der Waals surface area contributed by atoms with Gasteiger partial charge in [0, 0.05) is 53.6 Å². The molecule has 0 aliphatic carbocycles. The molecule has 0 atom stereocenters. The van der Waals surface area contributed by atoms with Crippen LogP contribution < -0.4 is 25.4 Å². The van der Waals surface area contributed by atoms with Gasteiger partial charge in [0.1, 0.15) is 23.8 Å². The summed E-state index contributed by atoms with van der Waals surface area (Å²) in [6, 6.07) is 16.0. The highest BCUT2D eigenvalue weighted by Crippen LogP contribution is 2.43. The summed E-state index contributed by atoms with van der Waals surface area (Å²) in [7, 11) is 1.80. The van der Waals surface area contributed by atoms with Crippen molar-refractivity contribution < 1.29 is 18.3 Å². The Bertz CT molecular complexity index is 1680. The zero-order chi connectivity index (χ0) is 26.3. The van der Waals surface area contributed by atoms with Gasteiger partial charge in [-0.05, 0) is 42.8 Å². The van der Waals surface area contributed by atoms with Gasteiger partial charge in [-0.25, -0.2) is 19.9 Å².